The number of amides is 1. The van der Waals surface area contributed by atoms with Crippen molar-refractivity contribution < 1.29 is 4.79 Å². The zero-order chi connectivity index (χ0) is 22.0. The molecule has 32 heavy (non-hydrogen) atoms. The van der Waals surface area contributed by atoms with Crippen molar-refractivity contribution in [3.05, 3.63) is 59.9 Å². The Kier molecular flexibility index (Phi) is 5.71. The highest BCUT2D eigenvalue weighted by atomic mass is 32.1. The summed E-state index contributed by atoms with van der Waals surface area (Å²) in [5.74, 6) is -0.0819. The van der Waals surface area contributed by atoms with Gasteiger partial charge in [-0.3, -0.25) is 9.78 Å². The summed E-state index contributed by atoms with van der Waals surface area (Å²) in [4.78, 5) is 23.4. The summed E-state index contributed by atoms with van der Waals surface area (Å²) >= 11 is 1.65. The molecule has 164 valence electrons. The first-order chi connectivity index (χ1) is 15.7. The van der Waals surface area contributed by atoms with Gasteiger partial charge in [0.15, 0.2) is 5.65 Å². The quantitative estimate of drug-likeness (QED) is 0.445. The standard InChI is InChI=1S/C24H26N6OS/c1-2-8-24(9-4-10-27-24)16-26-23(31)17-6-11-25-20(14-17)18-15-28-30-12-7-19(29-22(18)30)21-5-3-13-32-21/h3,5-7,11-15,27H,2,4,8-10,16H2,1H3,(H,26,31). The highest BCUT2D eigenvalue weighted by molar-refractivity contribution is 7.13. The lowest BCUT2D eigenvalue weighted by Crippen LogP contribution is -2.49. The molecule has 2 N–H and O–H groups in total. The molecule has 5 heterocycles. The van der Waals surface area contributed by atoms with Gasteiger partial charge in [-0.1, -0.05) is 19.4 Å². The maximum absolute atomic E-state index is 12.9. The molecule has 4 aromatic heterocycles. The van der Waals surface area contributed by atoms with Crippen LogP contribution in [0.25, 0.3) is 27.5 Å². The molecule has 0 bridgehead atoms. The SMILES string of the molecule is CCCC1(CNC(=O)c2ccnc(-c3cnn4ccc(-c5cccs5)nc34)c2)CCCN1. The second-order valence-corrected chi connectivity index (χ2v) is 9.24. The maximum Gasteiger partial charge on any atom is 0.251 e. The van der Waals surface area contributed by atoms with Crippen molar-refractivity contribution in [1.29, 1.82) is 0 Å². The molecule has 0 radical (unpaired) electrons. The Balaban J connectivity index is 1.40. The molecule has 0 aliphatic carbocycles. The van der Waals surface area contributed by atoms with Crippen molar-refractivity contribution in [3.8, 4) is 21.8 Å². The van der Waals surface area contributed by atoms with Crippen LogP contribution in [0.5, 0.6) is 0 Å². The van der Waals surface area contributed by atoms with Crippen molar-refractivity contribution in [3.63, 3.8) is 0 Å². The van der Waals surface area contributed by atoms with E-state index in [-0.39, 0.29) is 11.4 Å². The Hall–Kier alpha value is -3.10. The Morgan fingerprint density at radius 3 is 3.03 bits per heavy atom. The van der Waals surface area contributed by atoms with E-state index in [0.717, 1.165) is 54.0 Å². The smallest absolute Gasteiger partial charge is 0.251 e. The Bertz CT molecular complexity index is 1230. The molecule has 5 rings (SSSR count). The third kappa shape index (κ3) is 4.03. The highest BCUT2D eigenvalue weighted by Gasteiger charge is 2.32. The Morgan fingerprint density at radius 1 is 1.31 bits per heavy atom. The average Bonchev–Trinajstić information content (AvgIpc) is 3.58. The van der Waals surface area contributed by atoms with Crippen LogP contribution >= 0.6 is 11.3 Å². The lowest BCUT2D eigenvalue weighted by atomic mass is 9.92. The fourth-order valence-corrected chi connectivity index (χ4v) is 5.18. The molecule has 1 saturated heterocycles. The molecule has 1 aliphatic rings. The van der Waals surface area contributed by atoms with E-state index in [1.54, 1.807) is 34.3 Å². The first-order valence-electron chi connectivity index (χ1n) is 11.1. The van der Waals surface area contributed by atoms with Gasteiger partial charge in [0, 0.05) is 30.0 Å². The lowest BCUT2D eigenvalue weighted by Gasteiger charge is -2.29. The van der Waals surface area contributed by atoms with E-state index >= 15 is 0 Å². The molecule has 1 amide bonds. The van der Waals surface area contributed by atoms with Crippen molar-refractivity contribution in [2.45, 2.75) is 38.1 Å². The largest absolute Gasteiger partial charge is 0.350 e. The van der Waals surface area contributed by atoms with E-state index in [4.69, 9.17) is 4.98 Å². The molecule has 0 saturated carbocycles. The molecule has 4 aromatic rings. The molecular weight excluding hydrogens is 420 g/mol. The summed E-state index contributed by atoms with van der Waals surface area (Å²) < 4.78 is 1.74. The molecule has 0 aromatic carbocycles. The number of nitrogens with zero attached hydrogens (tertiary/aromatic N) is 4. The lowest BCUT2D eigenvalue weighted by molar-refractivity contribution is 0.0939. The number of hydrogen-bond acceptors (Lipinski definition) is 6. The van der Waals surface area contributed by atoms with Crippen LogP contribution in [0.4, 0.5) is 0 Å². The topological polar surface area (TPSA) is 84.2 Å². The summed E-state index contributed by atoms with van der Waals surface area (Å²) in [6, 6.07) is 9.59. The van der Waals surface area contributed by atoms with Gasteiger partial charge in [0.1, 0.15) is 0 Å². The Morgan fingerprint density at radius 2 is 2.25 bits per heavy atom. The number of thiophene rings is 1. The van der Waals surface area contributed by atoms with E-state index in [0.29, 0.717) is 17.8 Å². The van der Waals surface area contributed by atoms with E-state index in [2.05, 4.69) is 27.6 Å². The Labute approximate surface area is 190 Å². The second kappa shape index (κ2) is 8.80. The van der Waals surface area contributed by atoms with Crippen LogP contribution in [-0.2, 0) is 0 Å². The number of rotatable bonds is 7. The third-order valence-electron chi connectivity index (χ3n) is 6.09. The van der Waals surface area contributed by atoms with Crippen LogP contribution < -0.4 is 10.6 Å². The molecule has 1 atom stereocenters. The summed E-state index contributed by atoms with van der Waals surface area (Å²) in [5.41, 5.74) is 3.72. The van der Waals surface area contributed by atoms with Crippen LogP contribution in [0, 0.1) is 0 Å². The summed E-state index contributed by atoms with van der Waals surface area (Å²) in [7, 11) is 0. The predicted octanol–water partition coefficient (Wildman–Crippen LogP) is 4.17. The van der Waals surface area contributed by atoms with Gasteiger partial charge in [-0.15, -0.1) is 11.3 Å². The summed E-state index contributed by atoms with van der Waals surface area (Å²) in [6.45, 7) is 3.84. The van der Waals surface area contributed by atoms with Gasteiger partial charge in [-0.25, -0.2) is 9.50 Å². The fourth-order valence-electron chi connectivity index (χ4n) is 4.48. The average molecular weight is 447 g/mol. The van der Waals surface area contributed by atoms with Gasteiger partial charge >= 0.3 is 0 Å². The predicted molar refractivity (Wildman–Crippen MR) is 127 cm³/mol. The minimum absolute atomic E-state index is 0.0187. The number of pyridine rings is 1. The van der Waals surface area contributed by atoms with Crippen LogP contribution in [-0.4, -0.2) is 44.1 Å². The molecule has 8 heteroatoms. The minimum atomic E-state index is -0.0819. The van der Waals surface area contributed by atoms with Gasteiger partial charge in [0.25, 0.3) is 5.91 Å². The van der Waals surface area contributed by atoms with Gasteiger partial charge in [0.05, 0.1) is 28.0 Å². The first kappa shape index (κ1) is 20.8. The summed E-state index contributed by atoms with van der Waals surface area (Å²) in [5, 5.41) is 13.2. The minimum Gasteiger partial charge on any atom is -0.350 e. The number of fused-ring (bicyclic) bond motifs is 1. The molecule has 1 fully saturated rings. The van der Waals surface area contributed by atoms with Crippen LogP contribution in [0.2, 0.25) is 0 Å². The molecule has 0 spiro atoms. The van der Waals surface area contributed by atoms with E-state index in [1.807, 2.05) is 35.8 Å². The van der Waals surface area contributed by atoms with Gasteiger partial charge < -0.3 is 10.6 Å². The number of carbonyl (C=O) groups is 1. The second-order valence-electron chi connectivity index (χ2n) is 8.29. The van der Waals surface area contributed by atoms with Crippen LogP contribution in [0.3, 0.4) is 0 Å². The normalized spacial score (nSPS) is 18.3. The van der Waals surface area contributed by atoms with Crippen molar-refractivity contribution in [2.75, 3.05) is 13.1 Å². The van der Waals surface area contributed by atoms with Gasteiger partial charge in [0.2, 0.25) is 0 Å². The van der Waals surface area contributed by atoms with Crippen LogP contribution in [0.1, 0.15) is 43.0 Å². The highest BCUT2D eigenvalue weighted by Crippen LogP contribution is 2.27. The zero-order valence-corrected chi connectivity index (χ0v) is 18.9. The van der Waals surface area contributed by atoms with Crippen molar-refractivity contribution >= 4 is 22.9 Å². The van der Waals surface area contributed by atoms with E-state index < -0.39 is 0 Å². The molecular formula is C24H26N6OS. The van der Waals surface area contributed by atoms with Crippen molar-refractivity contribution in [2.24, 2.45) is 0 Å². The maximum atomic E-state index is 12.9. The number of nitrogens with one attached hydrogen (secondary N) is 2. The molecule has 1 unspecified atom stereocenters. The first-order valence-corrected chi connectivity index (χ1v) is 11.9. The molecule has 1 aliphatic heterocycles. The van der Waals surface area contributed by atoms with Crippen LogP contribution in [0.15, 0.2) is 54.3 Å². The number of hydrogen-bond donors (Lipinski definition) is 2. The monoisotopic (exact) mass is 446 g/mol. The molecule has 7 nitrogen and oxygen atoms in total. The van der Waals surface area contributed by atoms with Crippen molar-refractivity contribution in [1.82, 2.24) is 30.2 Å². The summed E-state index contributed by atoms with van der Waals surface area (Å²) in [6.07, 6.45) is 9.75. The van der Waals surface area contributed by atoms with E-state index in [1.165, 1.54) is 0 Å². The van der Waals surface area contributed by atoms with E-state index in [9.17, 15) is 4.79 Å². The van der Waals surface area contributed by atoms with Gasteiger partial charge in [-0.05, 0) is 55.5 Å². The third-order valence-corrected chi connectivity index (χ3v) is 6.98. The number of aromatic nitrogens is 4. The zero-order valence-electron chi connectivity index (χ0n) is 18.0. The number of carbonyl (C=O) groups excluding carboxylic acids is 1. The van der Waals surface area contributed by atoms with Gasteiger partial charge in [-0.2, -0.15) is 5.10 Å². The fraction of sp³-hybridized carbons (Fsp3) is 0.333.